The minimum atomic E-state index is 0.666. The van der Waals surface area contributed by atoms with Crippen LogP contribution in [-0.2, 0) is 6.42 Å². The maximum absolute atomic E-state index is 5.75. The van der Waals surface area contributed by atoms with Crippen LogP contribution >= 0.6 is 0 Å². The number of aromatic nitrogens is 2. The summed E-state index contributed by atoms with van der Waals surface area (Å²) in [5.41, 5.74) is 8.02. The average molecular weight is 244 g/mol. The first-order chi connectivity index (χ1) is 8.79. The number of fused-ring (bicyclic) bond motifs is 1. The fourth-order valence-electron chi connectivity index (χ4n) is 2.78. The van der Waals surface area contributed by atoms with Gasteiger partial charge >= 0.3 is 0 Å². The molecular formula is C14H20N4. The molecule has 1 fully saturated rings. The van der Waals surface area contributed by atoms with E-state index in [2.05, 4.69) is 28.5 Å². The van der Waals surface area contributed by atoms with Crippen LogP contribution in [0.2, 0.25) is 0 Å². The van der Waals surface area contributed by atoms with E-state index >= 15 is 0 Å². The first-order valence-corrected chi connectivity index (χ1v) is 6.70. The van der Waals surface area contributed by atoms with Gasteiger partial charge in [0.1, 0.15) is 5.65 Å². The third kappa shape index (κ3) is 1.86. The van der Waals surface area contributed by atoms with Gasteiger partial charge in [0.15, 0.2) is 5.82 Å². The molecule has 0 saturated carbocycles. The Morgan fingerprint density at radius 1 is 1.44 bits per heavy atom. The van der Waals surface area contributed by atoms with E-state index in [4.69, 9.17) is 10.7 Å². The fraction of sp³-hybridized carbons (Fsp3) is 0.500. The molecule has 1 aliphatic heterocycles. The molecule has 18 heavy (non-hydrogen) atoms. The van der Waals surface area contributed by atoms with Gasteiger partial charge in [0.2, 0.25) is 0 Å². The minimum Gasteiger partial charge on any atom is -0.355 e. The van der Waals surface area contributed by atoms with E-state index in [9.17, 15) is 0 Å². The van der Waals surface area contributed by atoms with Crippen molar-refractivity contribution in [3.05, 3.63) is 30.1 Å². The zero-order valence-electron chi connectivity index (χ0n) is 10.8. The van der Waals surface area contributed by atoms with Gasteiger partial charge in [0.05, 0.1) is 5.69 Å². The fourth-order valence-corrected chi connectivity index (χ4v) is 2.78. The summed E-state index contributed by atoms with van der Waals surface area (Å²) < 4.78 is 2.17. The third-order valence-electron chi connectivity index (χ3n) is 3.71. The highest BCUT2D eigenvalue weighted by Gasteiger charge is 2.24. The van der Waals surface area contributed by atoms with Gasteiger partial charge in [-0.05, 0) is 31.0 Å². The van der Waals surface area contributed by atoms with Crippen molar-refractivity contribution >= 4 is 11.5 Å². The quantitative estimate of drug-likeness (QED) is 0.893. The van der Waals surface area contributed by atoms with Crippen LogP contribution in [-0.4, -0.2) is 29.0 Å². The molecule has 0 radical (unpaired) electrons. The molecular weight excluding hydrogens is 224 g/mol. The molecule has 0 amide bonds. The van der Waals surface area contributed by atoms with Crippen molar-refractivity contribution in [2.24, 2.45) is 11.7 Å². The predicted octanol–water partition coefficient (Wildman–Crippen LogP) is 1.68. The van der Waals surface area contributed by atoms with Gasteiger partial charge in [-0.1, -0.05) is 13.0 Å². The second-order valence-corrected chi connectivity index (χ2v) is 5.19. The molecule has 1 unspecified atom stereocenters. The zero-order chi connectivity index (χ0) is 12.5. The highest BCUT2D eigenvalue weighted by Crippen LogP contribution is 2.27. The molecule has 2 N–H and O–H groups in total. The molecule has 0 aliphatic carbocycles. The van der Waals surface area contributed by atoms with Crippen molar-refractivity contribution in [2.45, 2.75) is 19.8 Å². The molecule has 1 atom stereocenters. The lowest BCUT2D eigenvalue weighted by molar-refractivity contribution is 0.658. The summed E-state index contributed by atoms with van der Waals surface area (Å²) in [6, 6.07) is 6.14. The van der Waals surface area contributed by atoms with Gasteiger partial charge in [-0.15, -0.1) is 0 Å². The number of imidazole rings is 1. The molecule has 0 aromatic carbocycles. The Kier molecular flexibility index (Phi) is 2.96. The van der Waals surface area contributed by atoms with Crippen molar-refractivity contribution in [3.63, 3.8) is 0 Å². The van der Waals surface area contributed by atoms with Crippen LogP contribution in [0.25, 0.3) is 5.65 Å². The Labute approximate surface area is 107 Å². The van der Waals surface area contributed by atoms with Gasteiger partial charge in [0, 0.05) is 25.7 Å². The summed E-state index contributed by atoms with van der Waals surface area (Å²) in [7, 11) is 0. The monoisotopic (exact) mass is 244 g/mol. The number of nitrogens with two attached hydrogens (primary N) is 1. The van der Waals surface area contributed by atoms with Crippen LogP contribution < -0.4 is 10.6 Å². The summed E-state index contributed by atoms with van der Waals surface area (Å²) in [5, 5.41) is 0. The highest BCUT2D eigenvalue weighted by atomic mass is 15.2. The number of anilines is 1. The van der Waals surface area contributed by atoms with Crippen molar-refractivity contribution in [2.75, 3.05) is 24.5 Å². The average Bonchev–Trinajstić information content (AvgIpc) is 2.95. The van der Waals surface area contributed by atoms with Crippen LogP contribution in [0.3, 0.4) is 0 Å². The largest absolute Gasteiger partial charge is 0.355 e. The summed E-state index contributed by atoms with van der Waals surface area (Å²) in [6.45, 7) is 5.20. The van der Waals surface area contributed by atoms with E-state index in [0.29, 0.717) is 6.54 Å². The van der Waals surface area contributed by atoms with Crippen molar-refractivity contribution in [1.82, 2.24) is 9.38 Å². The molecule has 4 heteroatoms. The normalized spacial score (nSPS) is 19.9. The highest BCUT2D eigenvalue weighted by molar-refractivity contribution is 5.56. The van der Waals surface area contributed by atoms with Crippen LogP contribution in [0.4, 0.5) is 5.82 Å². The Balaban J connectivity index is 2.06. The third-order valence-corrected chi connectivity index (χ3v) is 3.71. The van der Waals surface area contributed by atoms with E-state index in [0.717, 1.165) is 36.9 Å². The minimum absolute atomic E-state index is 0.666. The maximum Gasteiger partial charge on any atom is 0.151 e. The number of nitrogens with zero attached hydrogens (tertiary/aromatic N) is 3. The van der Waals surface area contributed by atoms with Crippen molar-refractivity contribution in [3.8, 4) is 0 Å². The SMILES string of the molecule is CC1CCN(c2nc3ccccn3c2CCN)C1. The van der Waals surface area contributed by atoms with E-state index in [1.807, 2.05) is 12.1 Å². The lowest BCUT2D eigenvalue weighted by Gasteiger charge is -2.17. The van der Waals surface area contributed by atoms with Gasteiger partial charge in [0.25, 0.3) is 0 Å². The molecule has 1 aliphatic rings. The number of pyridine rings is 1. The van der Waals surface area contributed by atoms with E-state index in [1.165, 1.54) is 12.1 Å². The zero-order valence-corrected chi connectivity index (χ0v) is 10.8. The lowest BCUT2D eigenvalue weighted by atomic mass is 10.2. The molecule has 2 aromatic heterocycles. The van der Waals surface area contributed by atoms with Gasteiger partial charge in [-0.25, -0.2) is 4.98 Å². The number of hydrogen-bond acceptors (Lipinski definition) is 3. The van der Waals surface area contributed by atoms with Gasteiger partial charge in [-0.2, -0.15) is 0 Å². The van der Waals surface area contributed by atoms with Crippen molar-refractivity contribution in [1.29, 1.82) is 0 Å². The Bertz CT molecular complexity index is 546. The first-order valence-electron chi connectivity index (χ1n) is 6.70. The summed E-state index contributed by atoms with van der Waals surface area (Å²) >= 11 is 0. The van der Waals surface area contributed by atoms with E-state index in [1.54, 1.807) is 0 Å². The van der Waals surface area contributed by atoms with Gasteiger partial charge < -0.3 is 15.0 Å². The molecule has 3 heterocycles. The molecule has 4 nitrogen and oxygen atoms in total. The second-order valence-electron chi connectivity index (χ2n) is 5.19. The summed E-state index contributed by atoms with van der Waals surface area (Å²) in [4.78, 5) is 7.19. The second kappa shape index (κ2) is 4.61. The number of hydrogen-bond donors (Lipinski definition) is 1. The smallest absolute Gasteiger partial charge is 0.151 e. The molecule has 1 saturated heterocycles. The van der Waals surface area contributed by atoms with E-state index in [-0.39, 0.29) is 0 Å². The predicted molar refractivity (Wildman–Crippen MR) is 73.9 cm³/mol. The Hall–Kier alpha value is -1.55. The summed E-state index contributed by atoms with van der Waals surface area (Å²) in [6.07, 6.45) is 4.22. The van der Waals surface area contributed by atoms with Crippen LogP contribution in [0.15, 0.2) is 24.4 Å². The van der Waals surface area contributed by atoms with Crippen molar-refractivity contribution < 1.29 is 0 Å². The number of rotatable bonds is 3. The Morgan fingerprint density at radius 2 is 2.33 bits per heavy atom. The summed E-state index contributed by atoms with van der Waals surface area (Å²) in [5.74, 6) is 1.90. The molecule has 2 aromatic rings. The van der Waals surface area contributed by atoms with Gasteiger partial charge in [-0.3, -0.25) is 0 Å². The standard InChI is InChI=1S/C14H20N4/c1-11-6-9-17(10-11)14-12(5-7-15)18-8-3-2-4-13(18)16-14/h2-4,8,11H,5-7,9-10,15H2,1H3. The van der Waals surface area contributed by atoms with E-state index < -0.39 is 0 Å². The lowest BCUT2D eigenvalue weighted by Crippen LogP contribution is -2.21. The molecule has 0 bridgehead atoms. The molecule has 3 rings (SSSR count). The topological polar surface area (TPSA) is 46.6 Å². The first kappa shape index (κ1) is 11.5. The molecule has 0 spiro atoms. The Morgan fingerprint density at radius 3 is 3.06 bits per heavy atom. The molecule has 96 valence electrons. The van der Waals surface area contributed by atoms with Crippen LogP contribution in [0.5, 0.6) is 0 Å². The van der Waals surface area contributed by atoms with Crippen LogP contribution in [0, 0.1) is 5.92 Å². The maximum atomic E-state index is 5.75. The van der Waals surface area contributed by atoms with Crippen LogP contribution in [0.1, 0.15) is 19.0 Å².